The molecule has 1 fully saturated rings. The summed E-state index contributed by atoms with van der Waals surface area (Å²) in [5, 5.41) is 3.09. The van der Waals surface area contributed by atoms with Crippen molar-refractivity contribution in [2.45, 2.75) is 24.3 Å². The molecule has 118 valence electrons. The number of carbonyl (C=O) groups excluding carboxylic acids is 1. The Kier molecular flexibility index (Phi) is 6.15. The number of hydrogen-bond acceptors (Lipinski definition) is 5. The molecule has 0 amide bonds. The number of aryl methyl sites for hydroxylation is 1. The zero-order valence-electron chi connectivity index (χ0n) is 11.9. The average molecular weight is 335 g/mol. The number of carbonyl (C=O) groups is 1. The lowest BCUT2D eigenvalue weighted by Gasteiger charge is -2.13. The predicted octanol–water partition coefficient (Wildman–Crippen LogP) is 0.844. The Labute approximate surface area is 130 Å². The Morgan fingerprint density at radius 2 is 2.14 bits per heavy atom. The lowest BCUT2D eigenvalue weighted by molar-refractivity contribution is 0.0599. The molecule has 1 aromatic rings. The summed E-state index contributed by atoms with van der Waals surface area (Å²) < 4.78 is 31.8. The Balaban J connectivity index is 0.00000220. The summed E-state index contributed by atoms with van der Waals surface area (Å²) >= 11 is 0. The van der Waals surface area contributed by atoms with E-state index < -0.39 is 16.0 Å². The predicted molar refractivity (Wildman–Crippen MR) is 81.4 cm³/mol. The van der Waals surface area contributed by atoms with Gasteiger partial charge in [-0.05, 0) is 37.6 Å². The van der Waals surface area contributed by atoms with Gasteiger partial charge in [0.15, 0.2) is 0 Å². The first kappa shape index (κ1) is 17.9. The first-order chi connectivity index (χ1) is 9.44. The number of halogens is 1. The molecule has 1 unspecified atom stereocenters. The van der Waals surface area contributed by atoms with Crippen LogP contribution in [-0.4, -0.2) is 40.6 Å². The summed E-state index contributed by atoms with van der Waals surface area (Å²) in [5.74, 6) is -0.540. The maximum absolute atomic E-state index is 12.3. The van der Waals surface area contributed by atoms with Gasteiger partial charge in [-0.2, -0.15) is 0 Å². The molecule has 0 radical (unpaired) electrons. The van der Waals surface area contributed by atoms with Gasteiger partial charge in [0.2, 0.25) is 10.0 Å². The Bertz CT molecular complexity index is 613. The molecular weight excluding hydrogens is 316 g/mol. The van der Waals surface area contributed by atoms with Crippen molar-refractivity contribution in [3.8, 4) is 0 Å². The van der Waals surface area contributed by atoms with Crippen LogP contribution in [0.3, 0.4) is 0 Å². The molecule has 1 aliphatic heterocycles. The first-order valence-electron chi connectivity index (χ1n) is 6.36. The van der Waals surface area contributed by atoms with Crippen molar-refractivity contribution in [1.82, 2.24) is 10.0 Å². The van der Waals surface area contributed by atoms with Gasteiger partial charge in [-0.1, -0.05) is 6.07 Å². The largest absolute Gasteiger partial charge is 0.465 e. The van der Waals surface area contributed by atoms with E-state index in [1.54, 1.807) is 13.0 Å². The maximum atomic E-state index is 12.3. The monoisotopic (exact) mass is 334 g/mol. The highest BCUT2D eigenvalue weighted by molar-refractivity contribution is 7.89. The Morgan fingerprint density at radius 3 is 2.71 bits per heavy atom. The molecule has 1 atom stereocenters. The smallest absolute Gasteiger partial charge is 0.338 e. The van der Waals surface area contributed by atoms with Gasteiger partial charge in [0.25, 0.3) is 0 Å². The van der Waals surface area contributed by atoms with Crippen molar-refractivity contribution in [3.63, 3.8) is 0 Å². The van der Waals surface area contributed by atoms with Crippen LogP contribution in [0, 0.1) is 6.92 Å². The molecule has 0 saturated carbocycles. The van der Waals surface area contributed by atoms with Crippen molar-refractivity contribution in [3.05, 3.63) is 29.3 Å². The van der Waals surface area contributed by atoms with Crippen LogP contribution in [0.15, 0.2) is 23.1 Å². The summed E-state index contributed by atoms with van der Waals surface area (Å²) in [6.07, 6.45) is 0.759. The van der Waals surface area contributed by atoms with E-state index >= 15 is 0 Å². The van der Waals surface area contributed by atoms with Crippen LogP contribution in [0.25, 0.3) is 0 Å². The third-order valence-corrected chi connectivity index (χ3v) is 4.82. The topological polar surface area (TPSA) is 84.5 Å². The van der Waals surface area contributed by atoms with E-state index in [9.17, 15) is 13.2 Å². The van der Waals surface area contributed by atoms with Crippen LogP contribution in [0.2, 0.25) is 0 Å². The lowest BCUT2D eigenvalue weighted by atomic mass is 10.1. The molecule has 6 nitrogen and oxygen atoms in total. The van der Waals surface area contributed by atoms with Crippen molar-refractivity contribution < 1.29 is 17.9 Å². The average Bonchev–Trinajstić information content (AvgIpc) is 2.90. The van der Waals surface area contributed by atoms with Crippen LogP contribution >= 0.6 is 12.4 Å². The van der Waals surface area contributed by atoms with Crippen molar-refractivity contribution in [2.75, 3.05) is 20.2 Å². The standard InChI is InChI=1S/C13H18N2O4S.ClH/c1-9-3-4-11(7-12(9)13(16)19-2)20(17,18)15-10-5-6-14-8-10;/h3-4,7,10,14-15H,5-6,8H2,1-2H3;1H. The SMILES string of the molecule is COC(=O)c1cc(S(=O)(=O)NC2CCNC2)ccc1C.Cl. The zero-order chi connectivity index (χ0) is 14.8. The van der Waals surface area contributed by atoms with Gasteiger partial charge in [0.05, 0.1) is 17.6 Å². The number of methoxy groups -OCH3 is 1. The van der Waals surface area contributed by atoms with Gasteiger partial charge in [-0.3, -0.25) is 0 Å². The highest BCUT2D eigenvalue weighted by Crippen LogP contribution is 2.17. The molecule has 21 heavy (non-hydrogen) atoms. The quantitative estimate of drug-likeness (QED) is 0.797. The van der Waals surface area contributed by atoms with Crippen LogP contribution in [0.4, 0.5) is 0 Å². The van der Waals surface area contributed by atoms with Crippen LogP contribution < -0.4 is 10.0 Å². The summed E-state index contributed by atoms with van der Waals surface area (Å²) in [6, 6.07) is 4.34. The Hall–Kier alpha value is -1.15. The minimum atomic E-state index is -3.62. The van der Waals surface area contributed by atoms with Crippen LogP contribution in [0.1, 0.15) is 22.3 Å². The summed E-state index contributed by atoms with van der Waals surface area (Å²) in [4.78, 5) is 11.7. The number of sulfonamides is 1. The molecule has 2 N–H and O–H groups in total. The fourth-order valence-corrected chi connectivity index (χ4v) is 3.44. The second-order valence-electron chi connectivity index (χ2n) is 4.78. The maximum Gasteiger partial charge on any atom is 0.338 e. The number of nitrogens with one attached hydrogen (secondary N) is 2. The molecule has 0 bridgehead atoms. The minimum Gasteiger partial charge on any atom is -0.465 e. The van der Waals surface area contributed by atoms with Gasteiger partial charge >= 0.3 is 5.97 Å². The van der Waals surface area contributed by atoms with Crippen molar-refractivity contribution in [1.29, 1.82) is 0 Å². The number of rotatable bonds is 4. The minimum absolute atomic E-state index is 0. The van der Waals surface area contributed by atoms with Crippen molar-refractivity contribution >= 4 is 28.4 Å². The molecule has 2 rings (SSSR count). The van der Waals surface area contributed by atoms with Gasteiger partial charge in [-0.15, -0.1) is 12.4 Å². The van der Waals surface area contributed by atoms with Gasteiger partial charge in [0, 0.05) is 12.6 Å². The highest BCUT2D eigenvalue weighted by Gasteiger charge is 2.24. The molecule has 8 heteroatoms. The van der Waals surface area contributed by atoms with E-state index in [1.807, 2.05) is 0 Å². The van der Waals surface area contributed by atoms with E-state index in [-0.39, 0.29) is 28.9 Å². The third kappa shape index (κ3) is 4.16. The van der Waals surface area contributed by atoms with E-state index in [4.69, 9.17) is 0 Å². The molecule has 1 aromatic carbocycles. The normalized spacial score (nSPS) is 18.1. The van der Waals surface area contributed by atoms with E-state index in [0.29, 0.717) is 12.1 Å². The summed E-state index contributed by atoms with van der Waals surface area (Å²) in [5.41, 5.74) is 0.943. The molecular formula is C13H19ClN2O4S. The number of ether oxygens (including phenoxy) is 1. The fraction of sp³-hybridized carbons (Fsp3) is 0.462. The van der Waals surface area contributed by atoms with Gasteiger partial charge < -0.3 is 10.1 Å². The summed E-state index contributed by atoms with van der Waals surface area (Å²) in [6.45, 7) is 3.15. The highest BCUT2D eigenvalue weighted by atomic mass is 35.5. The fourth-order valence-electron chi connectivity index (χ4n) is 2.14. The molecule has 0 spiro atoms. The molecule has 1 aliphatic rings. The number of esters is 1. The van der Waals surface area contributed by atoms with Crippen LogP contribution in [-0.2, 0) is 14.8 Å². The summed E-state index contributed by atoms with van der Waals surface area (Å²) in [7, 11) is -2.35. The number of benzene rings is 1. The van der Waals surface area contributed by atoms with E-state index in [0.717, 1.165) is 13.0 Å². The van der Waals surface area contributed by atoms with E-state index in [1.165, 1.54) is 19.2 Å². The molecule has 1 saturated heterocycles. The lowest BCUT2D eigenvalue weighted by Crippen LogP contribution is -2.36. The molecule has 1 heterocycles. The first-order valence-corrected chi connectivity index (χ1v) is 7.84. The van der Waals surface area contributed by atoms with Gasteiger partial charge in [-0.25, -0.2) is 17.9 Å². The third-order valence-electron chi connectivity index (χ3n) is 3.31. The zero-order valence-corrected chi connectivity index (χ0v) is 13.5. The van der Waals surface area contributed by atoms with Gasteiger partial charge in [0.1, 0.15) is 0 Å². The van der Waals surface area contributed by atoms with Crippen LogP contribution in [0.5, 0.6) is 0 Å². The second-order valence-corrected chi connectivity index (χ2v) is 6.49. The second kappa shape index (κ2) is 7.22. The van der Waals surface area contributed by atoms with E-state index in [2.05, 4.69) is 14.8 Å². The molecule has 0 aliphatic carbocycles. The number of hydrogen-bond donors (Lipinski definition) is 2. The Morgan fingerprint density at radius 1 is 1.43 bits per heavy atom. The molecule has 0 aromatic heterocycles. The van der Waals surface area contributed by atoms with Crippen molar-refractivity contribution in [2.24, 2.45) is 0 Å².